The summed E-state index contributed by atoms with van der Waals surface area (Å²) in [6, 6.07) is 6.22. The summed E-state index contributed by atoms with van der Waals surface area (Å²) in [5.74, 6) is -1.20. The van der Waals surface area contributed by atoms with Crippen LogP contribution in [0.4, 0.5) is 0 Å². The third kappa shape index (κ3) is 2.20. The minimum Gasteiger partial charge on any atom is -0.307 e. The first kappa shape index (κ1) is 14.6. The first-order valence-corrected chi connectivity index (χ1v) is 7.19. The van der Waals surface area contributed by atoms with Gasteiger partial charge >= 0.3 is 7.60 Å². The number of rotatable bonds is 5. The number of nitrogens with zero attached hydrogens (tertiary/aromatic N) is 1. The van der Waals surface area contributed by atoms with Crippen molar-refractivity contribution in [3.63, 3.8) is 0 Å². The van der Waals surface area contributed by atoms with Gasteiger partial charge in [-0.3, -0.25) is 23.8 Å². The van der Waals surface area contributed by atoms with Gasteiger partial charge in [-0.15, -0.1) is 0 Å². The standard InChI is InChI=1S/C12H12NO6P/c1-18-20(17,19-2)10(14)7-13-11(15)8-5-3-4-6-9(8)12(13)16/h3-6H,7H2,1-2H3. The summed E-state index contributed by atoms with van der Waals surface area (Å²) >= 11 is 0. The Morgan fingerprint density at radius 1 is 1.10 bits per heavy atom. The second-order valence-corrected chi connectivity index (χ2v) is 6.22. The van der Waals surface area contributed by atoms with E-state index in [9.17, 15) is 18.9 Å². The Kier molecular flexibility index (Phi) is 3.85. The van der Waals surface area contributed by atoms with Gasteiger partial charge in [0.2, 0.25) is 0 Å². The maximum atomic E-state index is 12.0. The van der Waals surface area contributed by atoms with Gasteiger partial charge in [-0.05, 0) is 12.1 Å². The molecular formula is C12H12NO6P. The van der Waals surface area contributed by atoms with Crippen LogP contribution in [0, 0.1) is 0 Å². The van der Waals surface area contributed by atoms with E-state index in [1.54, 1.807) is 12.1 Å². The van der Waals surface area contributed by atoms with E-state index in [4.69, 9.17) is 0 Å². The van der Waals surface area contributed by atoms with Crippen LogP contribution in [0.15, 0.2) is 24.3 Å². The van der Waals surface area contributed by atoms with Gasteiger partial charge in [0, 0.05) is 14.2 Å². The molecule has 1 aliphatic heterocycles. The highest BCUT2D eigenvalue weighted by Gasteiger charge is 2.41. The zero-order valence-electron chi connectivity index (χ0n) is 10.9. The molecule has 0 bridgehead atoms. The zero-order valence-corrected chi connectivity index (χ0v) is 11.8. The smallest absolute Gasteiger partial charge is 0.307 e. The molecule has 0 N–H and O–H groups in total. The quantitative estimate of drug-likeness (QED) is 0.601. The third-order valence-electron chi connectivity index (χ3n) is 2.96. The molecule has 0 atom stereocenters. The first-order chi connectivity index (χ1) is 9.44. The topological polar surface area (TPSA) is 90.0 Å². The largest absolute Gasteiger partial charge is 0.398 e. The summed E-state index contributed by atoms with van der Waals surface area (Å²) in [5, 5.41) is 0. The van der Waals surface area contributed by atoms with Crippen molar-refractivity contribution < 1.29 is 28.0 Å². The highest BCUT2D eigenvalue weighted by molar-refractivity contribution is 7.71. The average molecular weight is 297 g/mol. The molecule has 0 radical (unpaired) electrons. The van der Waals surface area contributed by atoms with Gasteiger partial charge in [-0.25, -0.2) is 0 Å². The van der Waals surface area contributed by atoms with E-state index in [1.165, 1.54) is 12.1 Å². The van der Waals surface area contributed by atoms with Crippen LogP contribution in [0.5, 0.6) is 0 Å². The molecule has 0 spiro atoms. The Balaban J connectivity index is 2.26. The maximum Gasteiger partial charge on any atom is 0.398 e. The minimum absolute atomic E-state index is 0.218. The summed E-state index contributed by atoms with van der Waals surface area (Å²) in [6.07, 6.45) is 0. The molecule has 0 aromatic heterocycles. The molecule has 0 unspecified atom stereocenters. The van der Waals surface area contributed by atoms with Crippen molar-refractivity contribution in [1.82, 2.24) is 4.90 Å². The lowest BCUT2D eigenvalue weighted by molar-refractivity contribution is -0.114. The fourth-order valence-corrected chi connectivity index (χ4v) is 2.75. The van der Waals surface area contributed by atoms with E-state index in [0.717, 1.165) is 19.1 Å². The third-order valence-corrected chi connectivity index (χ3v) is 4.67. The average Bonchev–Trinajstić information content (AvgIpc) is 2.72. The van der Waals surface area contributed by atoms with Crippen molar-refractivity contribution in [3.05, 3.63) is 35.4 Å². The summed E-state index contributed by atoms with van der Waals surface area (Å²) in [5.41, 5.74) is -0.512. The molecule has 8 heteroatoms. The monoisotopic (exact) mass is 297 g/mol. The summed E-state index contributed by atoms with van der Waals surface area (Å²) in [7, 11) is -1.84. The molecule has 1 aromatic carbocycles. The van der Waals surface area contributed by atoms with Gasteiger partial charge in [0.05, 0.1) is 11.1 Å². The molecule has 1 aromatic rings. The highest BCUT2D eigenvalue weighted by atomic mass is 31.2. The Morgan fingerprint density at radius 2 is 1.55 bits per heavy atom. The van der Waals surface area contributed by atoms with Crippen LogP contribution in [0.3, 0.4) is 0 Å². The Morgan fingerprint density at radius 3 is 1.95 bits per heavy atom. The molecule has 1 heterocycles. The lowest BCUT2D eigenvalue weighted by Crippen LogP contribution is -2.35. The summed E-state index contributed by atoms with van der Waals surface area (Å²) in [4.78, 5) is 36.7. The van der Waals surface area contributed by atoms with Gasteiger partial charge in [-0.1, -0.05) is 12.1 Å². The number of amides is 2. The Bertz CT molecular complexity index is 598. The van der Waals surface area contributed by atoms with Crippen LogP contribution in [0.2, 0.25) is 0 Å². The number of benzene rings is 1. The predicted octanol–water partition coefficient (Wildman–Crippen LogP) is 1.30. The van der Waals surface area contributed by atoms with Crippen molar-refractivity contribution in [3.8, 4) is 0 Å². The molecule has 106 valence electrons. The highest BCUT2D eigenvalue weighted by Crippen LogP contribution is 2.47. The molecule has 7 nitrogen and oxygen atoms in total. The maximum absolute atomic E-state index is 12.0. The van der Waals surface area contributed by atoms with Gasteiger partial charge in [0.25, 0.3) is 17.3 Å². The number of carbonyl (C=O) groups is 3. The van der Waals surface area contributed by atoms with Gasteiger partial charge in [0.1, 0.15) is 6.54 Å². The second kappa shape index (κ2) is 5.28. The molecule has 0 saturated carbocycles. The minimum atomic E-state index is -3.96. The number of imide groups is 1. The van der Waals surface area contributed by atoms with Crippen molar-refractivity contribution in [1.29, 1.82) is 0 Å². The first-order valence-electron chi connectivity index (χ1n) is 5.64. The molecule has 0 saturated heterocycles. The van der Waals surface area contributed by atoms with Crippen molar-refractivity contribution in [2.24, 2.45) is 0 Å². The van der Waals surface area contributed by atoms with E-state index in [1.807, 2.05) is 0 Å². The molecular weight excluding hydrogens is 285 g/mol. The van der Waals surface area contributed by atoms with Crippen molar-refractivity contribution in [2.75, 3.05) is 20.8 Å². The van der Waals surface area contributed by atoms with E-state index < -0.39 is 31.5 Å². The van der Waals surface area contributed by atoms with Crippen LogP contribution in [0.1, 0.15) is 20.7 Å². The SMILES string of the molecule is COP(=O)(OC)C(=O)CN1C(=O)c2ccccc2C1=O. The number of hydrogen-bond acceptors (Lipinski definition) is 6. The molecule has 20 heavy (non-hydrogen) atoms. The molecule has 0 aliphatic carbocycles. The van der Waals surface area contributed by atoms with Gasteiger partial charge < -0.3 is 9.05 Å². The Labute approximate surface area is 115 Å². The van der Waals surface area contributed by atoms with E-state index in [2.05, 4.69) is 9.05 Å². The fourth-order valence-electron chi connectivity index (χ4n) is 1.88. The van der Waals surface area contributed by atoms with Crippen LogP contribution >= 0.6 is 7.60 Å². The van der Waals surface area contributed by atoms with Crippen LogP contribution in [0.25, 0.3) is 0 Å². The lowest BCUT2D eigenvalue weighted by atomic mass is 10.1. The van der Waals surface area contributed by atoms with Gasteiger partial charge in [0.15, 0.2) is 0 Å². The van der Waals surface area contributed by atoms with Crippen LogP contribution < -0.4 is 0 Å². The molecule has 1 aliphatic rings. The number of fused-ring (bicyclic) bond motifs is 1. The van der Waals surface area contributed by atoms with Gasteiger partial charge in [-0.2, -0.15) is 0 Å². The number of hydrogen-bond donors (Lipinski definition) is 0. The van der Waals surface area contributed by atoms with Crippen LogP contribution in [-0.2, 0) is 18.4 Å². The summed E-state index contributed by atoms with van der Waals surface area (Å²) in [6.45, 7) is -0.648. The van der Waals surface area contributed by atoms with Crippen LogP contribution in [-0.4, -0.2) is 43.0 Å². The summed E-state index contributed by atoms with van der Waals surface area (Å²) < 4.78 is 21.0. The lowest BCUT2D eigenvalue weighted by Gasteiger charge is -2.16. The van der Waals surface area contributed by atoms with Crippen molar-refractivity contribution in [2.45, 2.75) is 0 Å². The second-order valence-electron chi connectivity index (χ2n) is 4.00. The van der Waals surface area contributed by atoms with Crippen molar-refractivity contribution >= 4 is 24.9 Å². The predicted molar refractivity (Wildman–Crippen MR) is 68.4 cm³/mol. The zero-order chi connectivity index (χ0) is 14.9. The normalized spacial score (nSPS) is 14.6. The molecule has 2 rings (SSSR count). The molecule has 0 fully saturated rings. The number of carbonyl (C=O) groups excluding carboxylic acids is 3. The van der Waals surface area contributed by atoms with E-state index in [0.29, 0.717) is 0 Å². The van der Waals surface area contributed by atoms with E-state index in [-0.39, 0.29) is 11.1 Å². The van der Waals surface area contributed by atoms with E-state index >= 15 is 0 Å². The Hall–Kier alpha value is -1.82. The molecule has 2 amide bonds. The fraction of sp³-hybridized carbons (Fsp3) is 0.250.